The molecular formula is C20H24FN5O3. The molecule has 4 rings (SSSR count). The first-order valence-electron chi connectivity index (χ1n) is 9.79. The van der Waals surface area contributed by atoms with E-state index in [2.05, 4.69) is 14.8 Å². The van der Waals surface area contributed by atoms with Crippen molar-refractivity contribution in [2.45, 2.75) is 38.3 Å². The van der Waals surface area contributed by atoms with Gasteiger partial charge in [0.1, 0.15) is 5.82 Å². The molecule has 1 spiro atoms. The van der Waals surface area contributed by atoms with Gasteiger partial charge in [-0.25, -0.2) is 9.18 Å². The van der Waals surface area contributed by atoms with Crippen molar-refractivity contribution in [3.8, 4) is 11.4 Å². The van der Waals surface area contributed by atoms with Crippen LogP contribution in [-0.4, -0.2) is 63.3 Å². The predicted octanol–water partition coefficient (Wildman–Crippen LogP) is 2.39. The normalized spacial score (nSPS) is 17.9. The van der Waals surface area contributed by atoms with E-state index in [0.29, 0.717) is 57.1 Å². The van der Waals surface area contributed by atoms with Crippen LogP contribution in [0.1, 0.15) is 32.0 Å². The molecule has 1 aromatic heterocycles. The third-order valence-electron chi connectivity index (χ3n) is 5.91. The maximum absolute atomic E-state index is 13.4. The van der Waals surface area contributed by atoms with Gasteiger partial charge in [-0.2, -0.15) is 0 Å². The molecule has 0 bridgehead atoms. The Morgan fingerprint density at radius 1 is 1.14 bits per heavy atom. The number of piperidine rings is 1. The largest absolute Gasteiger partial charge is 0.453 e. The van der Waals surface area contributed by atoms with Crippen LogP contribution in [0.4, 0.5) is 9.18 Å². The Morgan fingerprint density at radius 3 is 2.45 bits per heavy atom. The molecule has 0 N–H and O–H groups in total. The summed E-state index contributed by atoms with van der Waals surface area (Å²) >= 11 is 0. The fourth-order valence-corrected chi connectivity index (χ4v) is 4.39. The molecule has 154 valence electrons. The van der Waals surface area contributed by atoms with Gasteiger partial charge in [0.25, 0.3) is 0 Å². The van der Waals surface area contributed by atoms with Crippen molar-refractivity contribution < 1.29 is 18.7 Å². The summed E-state index contributed by atoms with van der Waals surface area (Å²) in [6.07, 6.45) is 1.41. The van der Waals surface area contributed by atoms with Crippen molar-refractivity contribution in [2.75, 3.05) is 26.7 Å². The second kappa shape index (κ2) is 7.46. The van der Waals surface area contributed by atoms with Crippen LogP contribution in [-0.2, 0) is 21.6 Å². The third kappa shape index (κ3) is 3.34. The molecule has 2 aliphatic rings. The number of fused-ring (bicyclic) bond motifs is 2. The van der Waals surface area contributed by atoms with Crippen LogP contribution in [0.15, 0.2) is 24.3 Å². The SMILES string of the molecule is CCC(=O)N1CCC2(CC1)CN(C(=O)OC)Cc1nnc(-c3ccc(F)cc3)n12. The minimum Gasteiger partial charge on any atom is -0.453 e. The van der Waals surface area contributed by atoms with Crippen LogP contribution in [0.2, 0.25) is 0 Å². The Balaban J connectivity index is 1.75. The smallest absolute Gasteiger partial charge is 0.409 e. The summed E-state index contributed by atoms with van der Waals surface area (Å²) in [6, 6.07) is 6.16. The number of benzene rings is 1. The summed E-state index contributed by atoms with van der Waals surface area (Å²) in [5.74, 6) is 1.13. The molecule has 2 amide bonds. The fourth-order valence-electron chi connectivity index (χ4n) is 4.39. The number of nitrogens with zero attached hydrogens (tertiary/aromatic N) is 5. The van der Waals surface area contributed by atoms with Gasteiger partial charge in [0.15, 0.2) is 11.6 Å². The van der Waals surface area contributed by atoms with Gasteiger partial charge in [0, 0.05) is 31.6 Å². The van der Waals surface area contributed by atoms with Gasteiger partial charge in [0.2, 0.25) is 5.91 Å². The van der Waals surface area contributed by atoms with Crippen LogP contribution in [0, 0.1) is 5.82 Å². The second-order valence-corrected chi connectivity index (χ2v) is 7.57. The Hall–Kier alpha value is -2.97. The summed E-state index contributed by atoms with van der Waals surface area (Å²) in [7, 11) is 1.36. The lowest BCUT2D eigenvalue weighted by Crippen LogP contribution is -2.57. The lowest BCUT2D eigenvalue weighted by atomic mass is 9.84. The fraction of sp³-hybridized carbons (Fsp3) is 0.500. The molecule has 0 unspecified atom stereocenters. The molecule has 2 aromatic rings. The Labute approximate surface area is 168 Å². The first-order valence-corrected chi connectivity index (χ1v) is 9.79. The van der Waals surface area contributed by atoms with Crippen LogP contribution in [0.3, 0.4) is 0 Å². The van der Waals surface area contributed by atoms with Gasteiger partial charge in [-0.1, -0.05) is 6.92 Å². The summed E-state index contributed by atoms with van der Waals surface area (Å²) in [5.41, 5.74) is 0.322. The number of carbonyl (C=O) groups is 2. The Kier molecular flexibility index (Phi) is 4.97. The van der Waals surface area contributed by atoms with Gasteiger partial charge < -0.3 is 14.2 Å². The highest BCUT2D eigenvalue weighted by atomic mass is 19.1. The molecule has 9 heteroatoms. The Bertz CT molecular complexity index is 919. The molecule has 1 fully saturated rings. The molecule has 0 radical (unpaired) electrons. The summed E-state index contributed by atoms with van der Waals surface area (Å²) < 4.78 is 20.4. The van der Waals surface area contributed by atoms with E-state index in [9.17, 15) is 14.0 Å². The van der Waals surface area contributed by atoms with E-state index in [1.807, 2.05) is 11.8 Å². The maximum Gasteiger partial charge on any atom is 0.409 e. The predicted molar refractivity (Wildman–Crippen MR) is 102 cm³/mol. The lowest BCUT2D eigenvalue weighted by molar-refractivity contribution is -0.133. The lowest BCUT2D eigenvalue weighted by Gasteiger charge is -2.48. The Morgan fingerprint density at radius 2 is 1.83 bits per heavy atom. The number of hydrogen-bond donors (Lipinski definition) is 0. The van der Waals surface area contributed by atoms with E-state index < -0.39 is 11.6 Å². The highest BCUT2D eigenvalue weighted by Gasteiger charge is 2.46. The number of carbonyl (C=O) groups excluding carboxylic acids is 2. The van der Waals surface area contributed by atoms with E-state index in [4.69, 9.17) is 4.74 Å². The summed E-state index contributed by atoms with van der Waals surface area (Å²) in [4.78, 5) is 27.9. The second-order valence-electron chi connectivity index (χ2n) is 7.57. The zero-order valence-corrected chi connectivity index (χ0v) is 16.6. The average molecular weight is 401 g/mol. The molecular weight excluding hydrogens is 377 g/mol. The van der Waals surface area contributed by atoms with Crippen molar-refractivity contribution in [3.05, 3.63) is 35.9 Å². The van der Waals surface area contributed by atoms with Crippen molar-refractivity contribution >= 4 is 12.0 Å². The molecule has 1 aromatic carbocycles. The number of amides is 2. The van der Waals surface area contributed by atoms with Crippen LogP contribution in [0.25, 0.3) is 11.4 Å². The molecule has 3 heterocycles. The van der Waals surface area contributed by atoms with Crippen LogP contribution in [0.5, 0.6) is 0 Å². The molecule has 0 atom stereocenters. The maximum atomic E-state index is 13.4. The monoisotopic (exact) mass is 401 g/mol. The van der Waals surface area contributed by atoms with Gasteiger partial charge in [-0.15, -0.1) is 10.2 Å². The van der Waals surface area contributed by atoms with Crippen molar-refractivity contribution in [1.82, 2.24) is 24.6 Å². The molecule has 1 saturated heterocycles. The van der Waals surface area contributed by atoms with Gasteiger partial charge in [0.05, 0.1) is 19.2 Å². The van der Waals surface area contributed by atoms with E-state index >= 15 is 0 Å². The molecule has 0 aliphatic carbocycles. The number of rotatable bonds is 2. The first-order chi connectivity index (χ1) is 14.0. The standard InChI is InChI=1S/C20H24FN5O3/c1-3-17(27)24-10-8-20(9-11-24)13-25(19(28)29-2)12-16-22-23-18(26(16)20)14-4-6-15(21)7-5-14/h4-7H,3,8-13H2,1-2H3. The number of halogens is 1. The third-order valence-corrected chi connectivity index (χ3v) is 5.91. The van der Waals surface area contributed by atoms with Crippen molar-refractivity contribution in [2.24, 2.45) is 0 Å². The molecule has 29 heavy (non-hydrogen) atoms. The number of aromatic nitrogens is 3. The van der Waals surface area contributed by atoms with E-state index in [-0.39, 0.29) is 11.7 Å². The molecule has 2 aliphatic heterocycles. The molecule has 0 saturated carbocycles. The van der Waals surface area contributed by atoms with Crippen molar-refractivity contribution in [3.63, 3.8) is 0 Å². The zero-order valence-electron chi connectivity index (χ0n) is 16.6. The number of ether oxygens (including phenoxy) is 1. The number of methoxy groups -OCH3 is 1. The van der Waals surface area contributed by atoms with Crippen LogP contribution < -0.4 is 0 Å². The van der Waals surface area contributed by atoms with Crippen LogP contribution >= 0.6 is 0 Å². The average Bonchev–Trinajstić information content (AvgIpc) is 3.18. The minimum absolute atomic E-state index is 0.128. The van der Waals surface area contributed by atoms with Gasteiger partial charge in [-0.05, 0) is 37.1 Å². The quantitative estimate of drug-likeness (QED) is 0.772. The van der Waals surface area contributed by atoms with E-state index in [0.717, 1.165) is 5.56 Å². The number of hydrogen-bond acceptors (Lipinski definition) is 5. The zero-order chi connectivity index (χ0) is 20.6. The summed E-state index contributed by atoms with van der Waals surface area (Å²) in [6.45, 7) is 3.80. The topological polar surface area (TPSA) is 80.6 Å². The molecule has 8 nitrogen and oxygen atoms in total. The number of likely N-dealkylation sites (tertiary alicyclic amines) is 1. The highest BCUT2D eigenvalue weighted by Crippen LogP contribution is 2.39. The van der Waals surface area contributed by atoms with Gasteiger partial charge in [-0.3, -0.25) is 9.69 Å². The van der Waals surface area contributed by atoms with E-state index in [1.165, 1.54) is 19.2 Å². The van der Waals surface area contributed by atoms with Crippen molar-refractivity contribution in [1.29, 1.82) is 0 Å². The summed E-state index contributed by atoms with van der Waals surface area (Å²) in [5, 5.41) is 8.70. The first kappa shape index (κ1) is 19.4. The highest BCUT2D eigenvalue weighted by molar-refractivity contribution is 5.76. The van der Waals surface area contributed by atoms with Gasteiger partial charge >= 0.3 is 6.09 Å². The minimum atomic E-state index is -0.445. The van der Waals surface area contributed by atoms with E-state index in [1.54, 1.807) is 17.0 Å².